The Bertz CT molecular complexity index is 406. The van der Waals surface area contributed by atoms with Gasteiger partial charge in [-0.2, -0.15) is 0 Å². The smallest absolute Gasteiger partial charge is 0.110 e. The quantitative estimate of drug-likeness (QED) is 0.726. The van der Waals surface area contributed by atoms with E-state index in [1.165, 1.54) is 11.3 Å². The molecule has 0 spiro atoms. The monoisotopic (exact) mass is 190 g/mol. The molecule has 66 valence electrons. The maximum atomic E-state index is 5.82. The molecule has 1 heterocycles. The van der Waals surface area contributed by atoms with Crippen molar-refractivity contribution in [1.82, 2.24) is 0 Å². The van der Waals surface area contributed by atoms with E-state index in [2.05, 4.69) is 0 Å². The fourth-order valence-corrected chi connectivity index (χ4v) is 1.97. The number of rotatable bonds is 1. The number of thiophene rings is 1. The van der Waals surface area contributed by atoms with Gasteiger partial charge in [-0.3, -0.25) is 0 Å². The topological polar surface area (TPSA) is 52.0 Å². The van der Waals surface area contributed by atoms with Gasteiger partial charge in [0.05, 0.1) is 5.69 Å². The molecule has 1 aromatic carbocycles. The standard InChI is InChI=1S/C10H10N2S/c11-9-8(6-13-10(9)12)7-4-2-1-3-5-7/h1-6H,11-12H2. The van der Waals surface area contributed by atoms with Gasteiger partial charge in [-0.05, 0) is 5.56 Å². The molecule has 0 aliphatic carbocycles. The highest BCUT2D eigenvalue weighted by Crippen LogP contribution is 2.35. The molecular weight excluding hydrogens is 180 g/mol. The first-order valence-electron chi connectivity index (χ1n) is 3.97. The lowest BCUT2D eigenvalue weighted by Gasteiger charge is -1.99. The number of anilines is 2. The predicted molar refractivity (Wildman–Crippen MR) is 58.6 cm³/mol. The van der Waals surface area contributed by atoms with Crippen LogP contribution in [0.1, 0.15) is 0 Å². The third-order valence-corrected chi connectivity index (χ3v) is 2.77. The summed E-state index contributed by atoms with van der Waals surface area (Å²) in [5, 5.41) is 2.68. The van der Waals surface area contributed by atoms with Crippen LogP contribution in [0.3, 0.4) is 0 Å². The predicted octanol–water partition coefficient (Wildman–Crippen LogP) is 2.58. The van der Waals surface area contributed by atoms with E-state index < -0.39 is 0 Å². The van der Waals surface area contributed by atoms with Crippen molar-refractivity contribution < 1.29 is 0 Å². The minimum absolute atomic E-state index is 0.691. The molecule has 0 fully saturated rings. The van der Waals surface area contributed by atoms with Crippen LogP contribution in [0.4, 0.5) is 10.7 Å². The third kappa shape index (κ3) is 1.38. The van der Waals surface area contributed by atoms with Crippen LogP contribution >= 0.6 is 11.3 Å². The Balaban J connectivity index is 2.53. The van der Waals surface area contributed by atoms with Crippen LogP contribution in [0.15, 0.2) is 35.7 Å². The molecule has 4 N–H and O–H groups in total. The molecule has 0 saturated heterocycles. The first-order chi connectivity index (χ1) is 6.29. The van der Waals surface area contributed by atoms with Crippen molar-refractivity contribution >= 4 is 22.0 Å². The molecule has 1 aromatic heterocycles. The Morgan fingerprint density at radius 3 is 2.23 bits per heavy atom. The second-order valence-corrected chi connectivity index (χ2v) is 3.70. The molecule has 0 amide bonds. The van der Waals surface area contributed by atoms with Crippen molar-refractivity contribution in [3.8, 4) is 11.1 Å². The van der Waals surface area contributed by atoms with Crippen molar-refractivity contribution in [2.24, 2.45) is 0 Å². The first-order valence-corrected chi connectivity index (χ1v) is 4.85. The van der Waals surface area contributed by atoms with Gasteiger partial charge in [0.25, 0.3) is 0 Å². The maximum absolute atomic E-state index is 5.82. The lowest BCUT2D eigenvalue weighted by Crippen LogP contribution is -1.90. The lowest BCUT2D eigenvalue weighted by molar-refractivity contribution is 1.67. The fraction of sp³-hybridized carbons (Fsp3) is 0. The molecule has 0 bridgehead atoms. The molecule has 0 aliphatic heterocycles. The summed E-state index contributed by atoms with van der Waals surface area (Å²) in [4.78, 5) is 0. The molecule has 0 atom stereocenters. The van der Waals surface area contributed by atoms with Crippen LogP contribution in [0.25, 0.3) is 11.1 Å². The molecule has 2 rings (SSSR count). The summed E-state index contributed by atoms with van der Waals surface area (Å²) in [7, 11) is 0. The normalized spacial score (nSPS) is 10.2. The number of nitrogens with two attached hydrogens (primary N) is 2. The molecule has 2 nitrogen and oxygen atoms in total. The van der Waals surface area contributed by atoms with E-state index in [-0.39, 0.29) is 0 Å². The Hall–Kier alpha value is -1.48. The molecule has 0 aliphatic rings. The Morgan fingerprint density at radius 2 is 1.69 bits per heavy atom. The number of hydrogen-bond acceptors (Lipinski definition) is 3. The van der Waals surface area contributed by atoms with E-state index in [0.717, 1.165) is 11.1 Å². The van der Waals surface area contributed by atoms with E-state index in [9.17, 15) is 0 Å². The summed E-state index contributed by atoms with van der Waals surface area (Å²) in [5.41, 5.74) is 14.3. The average molecular weight is 190 g/mol. The summed E-state index contributed by atoms with van der Waals surface area (Å²) in [6.45, 7) is 0. The summed E-state index contributed by atoms with van der Waals surface area (Å²) in [5.74, 6) is 0. The SMILES string of the molecule is Nc1scc(-c2ccccc2)c1N. The molecule has 0 unspecified atom stereocenters. The zero-order chi connectivity index (χ0) is 9.26. The summed E-state index contributed by atoms with van der Waals surface area (Å²) < 4.78 is 0. The summed E-state index contributed by atoms with van der Waals surface area (Å²) in [6.07, 6.45) is 0. The Kier molecular flexibility index (Phi) is 1.94. The minimum atomic E-state index is 0.691. The van der Waals surface area contributed by atoms with Crippen LogP contribution in [0, 0.1) is 0 Å². The molecule has 3 heteroatoms. The van der Waals surface area contributed by atoms with Gasteiger partial charge >= 0.3 is 0 Å². The van der Waals surface area contributed by atoms with Crippen molar-refractivity contribution in [2.45, 2.75) is 0 Å². The first kappa shape index (κ1) is 8.13. The van der Waals surface area contributed by atoms with E-state index in [1.807, 2.05) is 35.7 Å². The highest BCUT2D eigenvalue weighted by molar-refractivity contribution is 7.15. The van der Waals surface area contributed by atoms with E-state index in [0.29, 0.717) is 10.7 Å². The van der Waals surface area contributed by atoms with Gasteiger partial charge < -0.3 is 11.5 Å². The third-order valence-electron chi connectivity index (χ3n) is 1.94. The van der Waals surface area contributed by atoms with Crippen molar-refractivity contribution in [1.29, 1.82) is 0 Å². The maximum Gasteiger partial charge on any atom is 0.110 e. The molecule has 13 heavy (non-hydrogen) atoms. The molecular formula is C10H10N2S. The van der Waals surface area contributed by atoms with Crippen LogP contribution in [-0.2, 0) is 0 Å². The highest BCUT2D eigenvalue weighted by atomic mass is 32.1. The van der Waals surface area contributed by atoms with E-state index >= 15 is 0 Å². The highest BCUT2D eigenvalue weighted by Gasteiger charge is 2.06. The van der Waals surface area contributed by atoms with Gasteiger partial charge in [0.1, 0.15) is 5.00 Å². The summed E-state index contributed by atoms with van der Waals surface area (Å²) in [6, 6.07) is 10.0. The molecule has 0 radical (unpaired) electrons. The number of nitrogen functional groups attached to an aromatic ring is 2. The Labute approximate surface area is 80.8 Å². The number of hydrogen-bond donors (Lipinski definition) is 2. The zero-order valence-corrected chi connectivity index (χ0v) is 7.84. The van der Waals surface area contributed by atoms with Crippen LogP contribution < -0.4 is 11.5 Å². The van der Waals surface area contributed by atoms with E-state index in [4.69, 9.17) is 11.5 Å². The van der Waals surface area contributed by atoms with Gasteiger partial charge in [0, 0.05) is 10.9 Å². The van der Waals surface area contributed by atoms with Crippen molar-refractivity contribution in [2.75, 3.05) is 11.5 Å². The van der Waals surface area contributed by atoms with Crippen LogP contribution in [-0.4, -0.2) is 0 Å². The zero-order valence-electron chi connectivity index (χ0n) is 7.03. The largest absolute Gasteiger partial charge is 0.396 e. The van der Waals surface area contributed by atoms with Gasteiger partial charge in [0.15, 0.2) is 0 Å². The van der Waals surface area contributed by atoms with Crippen LogP contribution in [0.2, 0.25) is 0 Å². The van der Waals surface area contributed by atoms with Gasteiger partial charge in [-0.25, -0.2) is 0 Å². The molecule has 0 saturated carbocycles. The van der Waals surface area contributed by atoms with Crippen molar-refractivity contribution in [3.05, 3.63) is 35.7 Å². The van der Waals surface area contributed by atoms with Gasteiger partial charge in [-0.1, -0.05) is 30.3 Å². The average Bonchev–Trinajstić information content (AvgIpc) is 2.49. The van der Waals surface area contributed by atoms with E-state index in [1.54, 1.807) is 0 Å². The lowest BCUT2D eigenvalue weighted by atomic mass is 10.1. The molecule has 2 aromatic rings. The second-order valence-electron chi connectivity index (χ2n) is 2.79. The fourth-order valence-electron chi connectivity index (χ4n) is 1.22. The Morgan fingerprint density at radius 1 is 1.00 bits per heavy atom. The van der Waals surface area contributed by atoms with Crippen molar-refractivity contribution in [3.63, 3.8) is 0 Å². The van der Waals surface area contributed by atoms with Gasteiger partial charge in [-0.15, -0.1) is 11.3 Å². The van der Waals surface area contributed by atoms with Gasteiger partial charge in [0.2, 0.25) is 0 Å². The minimum Gasteiger partial charge on any atom is -0.396 e. The second kappa shape index (κ2) is 3.11. The van der Waals surface area contributed by atoms with Crippen LogP contribution in [0.5, 0.6) is 0 Å². The summed E-state index contributed by atoms with van der Waals surface area (Å²) >= 11 is 1.48. The number of benzene rings is 1.